The minimum absolute atomic E-state index is 0.0401. The second-order valence-electron chi connectivity index (χ2n) is 5.85. The van der Waals surface area contributed by atoms with Crippen LogP contribution in [-0.4, -0.2) is 32.0 Å². The molecule has 2 heterocycles. The molecule has 2 aromatic heterocycles. The van der Waals surface area contributed by atoms with Gasteiger partial charge in [0, 0.05) is 24.5 Å². The number of nitrogens with one attached hydrogen (secondary N) is 1. The van der Waals surface area contributed by atoms with Crippen LogP contribution in [-0.2, 0) is 6.42 Å². The Hall–Kier alpha value is -3.28. The third-order valence-corrected chi connectivity index (χ3v) is 4.15. The van der Waals surface area contributed by atoms with Gasteiger partial charge in [0.1, 0.15) is 6.33 Å². The van der Waals surface area contributed by atoms with Crippen molar-refractivity contribution in [2.45, 2.75) is 12.8 Å². The largest absolute Gasteiger partial charge is 0.352 e. The fraction of sp³-hybridized carbons (Fsp3) is 0.158. The lowest BCUT2D eigenvalue weighted by molar-refractivity contribution is 0.0955. The average molecular weight is 331 g/mol. The topological polar surface area (TPSA) is 72.2 Å². The van der Waals surface area contributed by atoms with Crippen LogP contribution in [0.4, 0.5) is 0 Å². The van der Waals surface area contributed by atoms with E-state index in [9.17, 15) is 4.79 Å². The van der Waals surface area contributed by atoms with Gasteiger partial charge in [0.15, 0.2) is 0 Å². The summed E-state index contributed by atoms with van der Waals surface area (Å²) < 4.78 is 1.66. The molecule has 6 nitrogen and oxygen atoms in total. The third-order valence-electron chi connectivity index (χ3n) is 4.15. The van der Waals surface area contributed by atoms with Crippen molar-refractivity contribution in [1.82, 2.24) is 24.9 Å². The van der Waals surface area contributed by atoms with Crippen molar-refractivity contribution in [2.75, 3.05) is 6.54 Å². The summed E-state index contributed by atoms with van der Waals surface area (Å²) in [4.78, 5) is 20.7. The first-order valence-electron chi connectivity index (χ1n) is 8.21. The molecule has 1 N–H and O–H groups in total. The van der Waals surface area contributed by atoms with Crippen LogP contribution >= 0.6 is 0 Å². The Morgan fingerprint density at radius 3 is 2.92 bits per heavy atom. The molecule has 0 saturated heterocycles. The Balaban J connectivity index is 1.37. The van der Waals surface area contributed by atoms with E-state index in [1.807, 2.05) is 48.7 Å². The number of amides is 1. The normalized spacial score (nSPS) is 11.0. The van der Waals surface area contributed by atoms with Gasteiger partial charge < -0.3 is 5.32 Å². The molecule has 0 fully saturated rings. The third kappa shape index (κ3) is 3.19. The molecular weight excluding hydrogens is 314 g/mol. The molecule has 0 bridgehead atoms. The van der Waals surface area contributed by atoms with E-state index in [1.54, 1.807) is 10.7 Å². The van der Waals surface area contributed by atoms with E-state index in [4.69, 9.17) is 0 Å². The molecule has 0 aliphatic heterocycles. The maximum Gasteiger partial charge on any atom is 0.252 e. The van der Waals surface area contributed by atoms with Crippen LogP contribution in [0.2, 0.25) is 0 Å². The minimum atomic E-state index is -0.0401. The Morgan fingerprint density at radius 1 is 1.08 bits per heavy atom. The minimum Gasteiger partial charge on any atom is -0.352 e. The first-order chi connectivity index (χ1) is 12.3. The molecule has 4 aromatic rings. The van der Waals surface area contributed by atoms with Crippen molar-refractivity contribution in [3.8, 4) is 0 Å². The summed E-state index contributed by atoms with van der Waals surface area (Å²) in [5.41, 5.74) is 1.78. The highest BCUT2D eigenvalue weighted by atomic mass is 16.1. The highest BCUT2D eigenvalue weighted by Gasteiger charge is 2.08. The van der Waals surface area contributed by atoms with Gasteiger partial charge in [0.25, 0.3) is 11.7 Å². The lowest BCUT2D eigenvalue weighted by Crippen LogP contribution is -2.25. The van der Waals surface area contributed by atoms with Crippen LogP contribution in [0, 0.1) is 0 Å². The zero-order valence-corrected chi connectivity index (χ0v) is 13.6. The smallest absolute Gasteiger partial charge is 0.252 e. The molecule has 0 aliphatic carbocycles. The zero-order chi connectivity index (χ0) is 17.1. The fourth-order valence-electron chi connectivity index (χ4n) is 2.90. The van der Waals surface area contributed by atoms with Crippen LogP contribution < -0.4 is 5.32 Å². The van der Waals surface area contributed by atoms with Gasteiger partial charge in [-0.3, -0.25) is 4.79 Å². The molecule has 0 aliphatic rings. The van der Waals surface area contributed by atoms with Gasteiger partial charge in [0.05, 0.1) is 0 Å². The lowest BCUT2D eigenvalue weighted by Gasteiger charge is -2.08. The number of hydrogen-bond donors (Lipinski definition) is 1. The van der Waals surface area contributed by atoms with Crippen molar-refractivity contribution in [2.24, 2.45) is 0 Å². The quantitative estimate of drug-likeness (QED) is 0.571. The van der Waals surface area contributed by atoms with Gasteiger partial charge in [-0.15, -0.1) is 0 Å². The number of carbonyl (C=O) groups excluding carboxylic acids is 1. The van der Waals surface area contributed by atoms with Gasteiger partial charge in [0.2, 0.25) is 0 Å². The molecule has 0 unspecified atom stereocenters. The predicted octanol–water partition coefficient (Wildman–Crippen LogP) is 2.64. The Morgan fingerprint density at radius 2 is 1.96 bits per heavy atom. The van der Waals surface area contributed by atoms with Crippen LogP contribution in [0.3, 0.4) is 0 Å². The Labute approximate surface area is 144 Å². The summed E-state index contributed by atoms with van der Waals surface area (Å²) in [5.74, 6) is 0.551. The molecule has 6 heteroatoms. The number of fused-ring (bicyclic) bond motifs is 2. The second-order valence-corrected chi connectivity index (χ2v) is 5.85. The molecular formula is C19H17N5O. The number of aryl methyl sites for hydroxylation is 1. The van der Waals surface area contributed by atoms with Crippen molar-refractivity contribution in [1.29, 1.82) is 0 Å². The highest BCUT2D eigenvalue weighted by Crippen LogP contribution is 2.18. The Kier molecular flexibility index (Phi) is 4.08. The summed E-state index contributed by atoms with van der Waals surface area (Å²) in [6.07, 6.45) is 6.85. The van der Waals surface area contributed by atoms with Gasteiger partial charge in [-0.2, -0.15) is 10.1 Å². The van der Waals surface area contributed by atoms with Crippen LogP contribution in [0.15, 0.2) is 61.2 Å². The standard InChI is InChI=1S/C19H17N5O/c25-18(17-9-3-7-15-6-1-2-8-16(15)17)20-10-4-5-14-11-21-19-22-13-23-24(19)12-14/h1-3,6-9,11-13H,4-5,10H2,(H,20,25). The van der Waals surface area contributed by atoms with E-state index < -0.39 is 0 Å². The van der Waals surface area contributed by atoms with Gasteiger partial charge in [-0.25, -0.2) is 9.50 Å². The molecule has 124 valence electrons. The van der Waals surface area contributed by atoms with E-state index in [0.717, 1.165) is 29.2 Å². The van der Waals surface area contributed by atoms with E-state index >= 15 is 0 Å². The van der Waals surface area contributed by atoms with Gasteiger partial charge >= 0.3 is 0 Å². The van der Waals surface area contributed by atoms with Gasteiger partial charge in [-0.1, -0.05) is 36.4 Å². The highest BCUT2D eigenvalue weighted by molar-refractivity contribution is 6.06. The molecule has 4 rings (SSSR count). The van der Waals surface area contributed by atoms with Crippen LogP contribution in [0.25, 0.3) is 16.6 Å². The van der Waals surface area contributed by atoms with Crippen molar-refractivity contribution in [3.63, 3.8) is 0 Å². The summed E-state index contributed by atoms with van der Waals surface area (Å²) in [6, 6.07) is 13.7. The fourth-order valence-corrected chi connectivity index (χ4v) is 2.90. The maximum absolute atomic E-state index is 12.5. The lowest BCUT2D eigenvalue weighted by atomic mass is 10.0. The number of carbonyl (C=O) groups is 1. The summed E-state index contributed by atoms with van der Waals surface area (Å²) in [6.45, 7) is 0.609. The molecule has 25 heavy (non-hydrogen) atoms. The Bertz CT molecular complexity index is 1030. The van der Waals surface area contributed by atoms with E-state index in [-0.39, 0.29) is 5.91 Å². The number of nitrogens with zero attached hydrogens (tertiary/aromatic N) is 4. The average Bonchev–Trinajstić information content (AvgIpc) is 3.12. The molecule has 0 saturated carbocycles. The number of aromatic nitrogens is 4. The van der Waals surface area contributed by atoms with Crippen LogP contribution in [0.5, 0.6) is 0 Å². The van der Waals surface area contributed by atoms with Gasteiger partial charge in [-0.05, 0) is 35.2 Å². The summed E-state index contributed by atoms with van der Waals surface area (Å²) in [7, 11) is 0. The monoisotopic (exact) mass is 331 g/mol. The number of hydrogen-bond acceptors (Lipinski definition) is 4. The summed E-state index contributed by atoms with van der Waals surface area (Å²) in [5, 5.41) is 9.12. The van der Waals surface area contributed by atoms with Crippen molar-refractivity contribution in [3.05, 3.63) is 72.3 Å². The molecule has 2 aromatic carbocycles. The first-order valence-corrected chi connectivity index (χ1v) is 8.21. The van der Waals surface area contributed by atoms with Crippen molar-refractivity contribution < 1.29 is 4.79 Å². The second kappa shape index (κ2) is 6.68. The molecule has 0 radical (unpaired) electrons. The molecule has 0 atom stereocenters. The van der Waals surface area contributed by atoms with E-state index in [2.05, 4.69) is 20.4 Å². The van der Waals surface area contributed by atoms with E-state index in [0.29, 0.717) is 17.9 Å². The first kappa shape index (κ1) is 15.3. The SMILES string of the molecule is O=C(NCCCc1cnc2ncnn2c1)c1cccc2ccccc12. The van der Waals surface area contributed by atoms with Crippen LogP contribution in [0.1, 0.15) is 22.3 Å². The number of benzene rings is 2. The molecule has 1 amide bonds. The maximum atomic E-state index is 12.5. The zero-order valence-electron chi connectivity index (χ0n) is 13.6. The predicted molar refractivity (Wildman–Crippen MR) is 95.4 cm³/mol. The van der Waals surface area contributed by atoms with Crippen molar-refractivity contribution >= 4 is 22.5 Å². The number of rotatable bonds is 5. The van der Waals surface area contributed by atoms with E-state index in [1.165, 1.54) is 6.33 Å². The summed E-state index contributed by atoms with van der Waals surface area (Å²) >= 11 is 0. The molecule has 0 spiro atoms.